The summed E-state index contributed by atoms with van der Waals surface area (Å²) in [6, 6.07) is 3.08. The first-order valence-corrected chi connectivity index (χ1v) is 6.71. The molecular weight excluding hydrogens is 214 g/mol. The van der Waals surface area contributed by atoms with Gasteiger partial charge in [-0.05, 0) is 18.6 Å². The molecule has 0 bridgehead atoms. The fourth-order valence-electron chi connectivity index (χ4n) is 1.01. The van der Waals surface area contributed by atoms with E-state index in [2.05, 4.69) is 22.4 Å². The summed E-state index contributed by atoms with van der Waals surface area (Å²) in [5.74, 6) is 0.607. The summed E-state index contributed by atoms with van der Waals surface area (Å²) < 4.78 is 22.2. The Morgan fingerprint density at radius 2 is 2.07 bits per heavy atom. The van der Waals surface area contributed by atoms with Gasteiger partial charge in [-0.2, -0.15) is 0 Å². The van der Waals surface area contributed by atoms with Crippen molar-refractivity contribution in [2.75, 3.05) is 18.1 Å². The molecule has 0 aliphatic heterocycles. The average molecular weight is 229 g/mol. The van der Waals surface area contributed by atoms with Crippen molar-refractivity contribution in [3.63, 3.8) is 0 Å². The third-order valence-corrected chi connectivity index (χ3v) is 2.83. The number of rotatable bonds is 5. The highest BCUT2D eigenvalue weighted by atomic mass is 32.2. The van der Waals surface area contributed by atoms with Crippen molar-refractivity contribution in [1.29, 1.82) is 0 Å². The summed E-state index contributed by atoms with van der Waals surface area (Å²) in [6.07, 6.45) is 3.26. The lowest BCUT2D eigenvalue weighted by Crippen LogP contribution is -2.06. The molecule has 1 aromatic heterocycles. The van der Waals surface area contributed by atoms with E-state index < -0.39 is 9.84 Å². The molecule has 0 radical (unpaired) electrons. The van der Waals surface area contributed by atoms with E-state index in [0.29, 0.717) is 5.82 Å². The first-order valence-electron chi connectivity index (χ1n) is 4.81. The first-order chi connectivity index (χ1) is 7.04. The van der Waals surface area contributed by atoms with E-state index in [0.717, 1.165) is 25.6 Å². The third kappa shape index (κ3) is 3.83. The van der Waals surface area contributed by atoms with Crippen LogP contribution in [-0.4, -0.2) is 31.4 Å². The lowest BCUT2D eigenvalue weighted by atomic mass is 10.3. The Hall–Kier alpha value is -1.17. The minimum atomic E-state index is -3.25. The van der Waals surface area contributed by atoms with Crippen molar-refractivity contribution in [3.05, 3.63) is 12.1 Å². The highest BCUT2D eigenvalue weighted by Gasteiger charge is 2.08. The van der Waals surface area contributed by atoms with Gasteiger partial charge < -0.3 is 5.32 Å². The predicted molar refractivity (Wildman–Crippen MR) is 58.5 cm³/mol. The molecule has 1 aromatic rings. The van der Waals surface area contributed by atoms with Crippen LogP contribution in [0.25, 0.3) is 0 Å². The molecule has 0 saturated heterocycles. The van der Waals surface area contributed by atoms with Crippen molar-refractivity contribution in [3.8, 4) is 0 Å². The van der Waals surface area contributed by atoms with Gasteiger partial charge in [0.05, 0.1) is 0 Å². The number of nitrogens with one attached hydrogen (secondary N) is 1. The van der Waals surface area contributed by atoms with Crippen molar-refractivity contribution < 1.29 is 8.42 Å². The fraction of sp³-hybridized carbons (Fsp3) is 0.556. The Bertz CT molecular complexity index is 400. The van der Waals surface area contributed by atoms with Crippen molar-refractivity contribution >= 4 is 15.7 Å². The van der Waals surface area contributed by atoms with Crippen LogP contribution < -0.4 is 5.32 Å². The second kappa shape index (κ2) is 5.06. The van der Waals surface area contributed by atoms with Gasteiger partial charge in [-0.3, -0.25) is 0 Å². The Kier molecular flexibility index (Phi) is 4.02. The predicted octanol–water partition coefficient (Wildman–Crippen LogP) is 1.09. The molecule has 1 N–H and O–H groups in total. The van der Waals surface area contributed by atoms with Crippen molar-refractivity contribution in [1.82, 2.24) is 10.2 Å². The number of nitrogens with zero attached hydrogens (tertiary/aromatic N) is 2. The van der Waals surface area contributed by atoms with E-state index in [9.17, 15) is 8.42 Å². The monoisotopic (exact) mass is 229 g/mol. The molecule has 1 rings (SSSR count). The zero-order valence-electron chi connectivity index (χ0n) is 8.90. The zero-order chi connectivity index (χ0) is 11.3. The molecule has 0 amide bonds. The zero-order valence-corrected chi connectivity index (χ0v) is 9.71. The quantitative estimate of drug-likeness (QED) is 0.765. The van der Waals surface area contributed by atoms with Gasteiger partial charge in [-0.25, -0.2) is 8.42 Å². The van der Waals surface area contributed by atoms with Gasteiger partial charge in [0, 0.05) is 12.8 Å². The summed E-state index contributed by atoms with van der Waals surface area (Å²) >= 11 is 0. The molecule has 0 spiro atoms. The van der Waals surface area contributed by atoms with Crippen LogP contribution >= 0.6 is 0 Å². The molecule has 84 valence electrons. The lowest BCUT2D eigenvalue weighted by molar-refractivity contribution is 0.596. The average Bonchev–Trinajstić information content (AvgIpc) is 2.18. The van der Waals surface area contributed by atoms with Gasteiger partial charge in [0.1, 0.15) is 5.82 Å². The lowest BCUT2D eigenvalue weighted by Gasteiger charge is -2.03. The third-order valence-electron chi connectivity index (χ3n) is 1.86. The highest BCUT2D eigenvalue weighted by molar-refractivity contribution is 7.90. The molecule has 0 aromatic carbocycles. The molecular formula is C9H15N3O2S. The van der Waals surface area contributed by atoms with Crippen LogP contribution in [0, 0.1) is 0 Å². The Morgan fingerprint density at radius 3 is 2.53 bits per heavy atom. The maximum Gasteiger partial charge on any atom is 0.194 e. The SMILES string of the molecule is CCCCNc1ccc(S(C)(=O)=O)nn1. The van der Waals surface area contributed by atoms with Crippen LogP contribution in [-0.2, 0) is 9.84 Å². The molecule has 0 saturated carbocycles. The van der Waals surface area contributed by atoms with Crippen LogP contribution in [0.5, 0.6) is 0 Å². The van der Waals surface area contributed by atoms with Crippen LogP contribution in [0.1, 0.15) is 19.8 Å². The summed E-state index contributed by atoms with van der Waals surface area (Å²) in [5.41, 5.74) is 0. The summed E-state index contributed by atoms with van der Waals surface area (Å²) in [6.45, 7) is 2.92. The Balaban J connectivity index is 2.65. The summed E-state index contributed by atoms with van der Waals surface area (Å²) in [7, 11) is -3.25. The van der Waals surface area contributed by atoms with E-state index >= 15 is 0 Å². The smallest absolute Gasteiger partial charge is 0.194 e. The number of aromatic nitrogens is 2. The summed E-state index contributed by atoms with van der Waals surface area (Å²) in [4.78, 5) is 0. The van der Waals surface area contributed by atoms with E-state index in [1.165, 1.54) is 6.07 Å². The molecule has 0 aliphatic carbocycles. The Morgan fingerprint density at radius 1 is 1.33 bits per heavy atom. The molecule has 6 heteroatoms. The summed E-state index contributed by atoms with van der Waals surface area (Å²) in [5, 5.41) is 10.5. The minimum absolute atomic E-state index is 0.00328. The van der Waals surface area contributed by atoms with Crippen LogP contribution in [0.3, 0.4) is 0 Å². The van der Waals surface area contributed by atoms with Crippen LogP contribution in [0.4, 0.5) is 5.82 Å². The second-order valence-electron chi connectivity index (χ2n) is 3.31. The maximum absolute atomic E-state index is 11.1. The molecule has 15 heavy (non-hydrogen) atoms. The van der Waals surface area contributed by atoms with Gasteiger partial charge in [-0.1, -0.05) is 13.3 Å². The van der Waals surface area contributed by atoms with Crippen LogP contribution in [0.15, 0.2) is 17.2 Å². The van der Waals surface area contributed by atoms with Gasteiger partial charge in [0.15, 0.2) is 14.9 Å². The maximum atomic E-state index is 11.1. The number of hydrogen-bond donors (Lipinski definition) is 1. The molecule has 5 nitrogen and oxygen atoms in total. The number of unbranched alkanes of at least 4 members (excludes halogenated alkanes) is 1. The van der Waals surface area contributed by atoms with Gasteiger partial charge in [0.2, 0.25) is 0 Å². The largest absolute Gasteiger partial charge is 0.369 e. The van der Waals surface area contributed by atoms with E-state index in [1.54, 1.807) is 6.07 Å². The molecule has 0 aliphatic rings. The van der Waals surface area contributed by atoms with E-state index in [4.69, 9.17) is 0 Å². The highest BCUT2D eigenvalue weighted by Crippen LogP contribution is 2.06. The standard InChI is InChI=1S/C9H15N3O2S/c1-3-4-7-10-8-5-6-9(12-11-8)15(2,13)14/h5-6H,3-4,7H2,1-2H3,(H,10,11). The Labute approximate surface area is 89.8 Å². The number of anilines is 1. The molecule has 0 atom stereocenters. The second-order valence-corrected chi connectivity index (χ2v) is 5.27. The van der Waals surface area contributed by atoms with Crippen LogP contribution in [0.2, 0.25) is 0 Å². The molecule has 1 heterocycles. The molecule has 0 fully saturated rings. The van der Waals surface area contributed by atoms with E-state index in [1.807, 2.05) is 0 Å². The first kappa shape index (κ1) is 11.9. The van der Waals surface area contributed by atoms with Gasteiger partial charge in [-0.15, -0.1) is 10.2 Å². The van der Waals surface area contributed by atoms with Crippen molar-refractivity contribution in [2.24, 2.45) is 0 Å². The van der Waals surface area contributed by atoms with Gasteiger partial charge >= 0.3 is 0 Å². The van der Waals surface area contributed by atoms with Gasteiger partial charge in [0.25, 0.3) is 0 Å². The van der Waals surface area contributed by atoms with Crippen molar-refractivity contribution in [2.45, 2.75) is 24.8 Å². The minimum Gasteiger partial charge on any atom is -0.369 e. The number of sulfone groups is 1. The molecule has 0 unspecified atom stereocenters. The topological polar surface area (TPSA) is 72.0 Å². The fourth-order valence-corrected chi connectivity index (χ4v) is 1.51. The van der Waals surface area contributed by atoms with E-state index in [-0.39, 0.29) is 5.03 Å². The number of hydrogen-bond acceptors (Lipinski definition) is 5. The normalized spacial score (nSPS) is 11.3.